The highest BCUT2D eigenvalue weighted by atomic mass is 35.5. The molecule has 2 atom stereocenters. The SMILES string of the molecule is CCC(C)C1NC(=O)CN(Cc2c(C)nn(C)c2Cl)C1=O. The second-order valence-corrected chi connectivity index (χ2v) is 5.96. The van der Waals surface area contributed by atoms with Crippen LogP contribution in [0.2, 0.25) is 5.15 Å². The summed E-state index contributed by atoms with van der Waals surface area (Å²) in [5, 5.41) is 7.53. The standard InChI is InChI=1S/C14H21ClN4O2/c1-5-8(2)12-14(21)19(7-11(20)16-12)6-10-9(3)17-18(4)13(10)15/h8,12H,5-7H2,1-4H3,(H,16,20). The molecule has 116 valence electrons. The van der Waals surface area contributed by atoms with Gasteiger partial charge in [-0.3, -0.25) is 14.3 Å². The van der Waals surface area contributed by atoms with Gasteiger partial charge in [-0.1, -0.05) is 31.9 Å². The first-order valence-electron chi connectivity index (χ1n) is 7.11. The number of carbonyl (C=O) groups excluding carboxylic acids is 2. The molecule has 1 aliphatic rings. The average Bonchev–Trinajstić information content (AvgIpc) is 2.68. The van der Waals surface area contributed by atoms with E-state index in [1.807, 2.05) is 20.8 Å². The van der Waals surface area contributed by atoms with E-state index in [2.05, 4.69) is 10.4 Å². The zero-order valence-corrected chi connectivity index (χ0v) is 13.6. The minimum atomic E-state index is -0.452. The van der Waals surface area contributed by atoms with E-state index in [9.17, 15) is 9.59 Å². The third-order valence-electron chi connectivity index (χ3n) is 4.06. The number of nitrogens with one attached hydrogen (secondary N) is 1. The lowest BCUT2D eigenvalue weighted by atomic mass is 9.96. The number of nitrogens with zero attached hydrogens (tertiary/aromatic N) is 3. The molecule has 1 aromatic heterocycles. The summed E-state index contributed by atoms with van der Waals surface area (Å²) in [6, 6.07) is -0.452. The molecule has 1 fully saturated rings. The van der Waals surface area contributed by atoms with Gasteiger partial charge in [0.15, 0.2) is 0 Å². The van der Waals surface area contributed by atoms with Crippen molar-refractivity contribution in [3.8, 4) is 0 Å². The van der Waals surface area contributed by atoms with Gasteiger partial charge in [0.2, 0.25) is 11.8 Å². The molecule has 2 unspecified atom stereocenters. The van der Waals surface area contributed by atoms with Crippen molar-refractivity contribution in [3.63, 3.8) is 0 Å². The van der Waals surface area contributed by atoms with Crippen LogP contribution in [0.1, 0.15) is 31.5 Å². The molecule has 6 nitrogen and oxygen atoms in total. The third-order valence-corrected chi connectivity index (χ3v) is 4.53. The van der Waals surface area contributed by atoms with Crippen LogP contribution in [0.15, 0.2) is 0 Å². The summed E-state index contributed by atoms with van der Waals surface area (Å²) in [7, 11) is 1.76. The topological polar surface area (TPSA) is 67.2 Å². The molecule has 0 aliphatic carbocycles. The number of halogens is 1. The monoisotopic (exact) mass is 312 g/mol. The Labute approximate surface area is 129 Å². The third kappa shape index (κ3) is 3.05. The Hall–Kier alpha value is -1.56. The largest absolute Gasteiger partial charge is 0.342 e. The summed E-state index contributed by atoms with van der Waals surface area (Å²) in [6.45, 7) is 6.20. The molecular weight excluding hydrogens is 292 g/mol. The van der Waals surface area contributed by atoms with Crippen LogP contribution in [0.5, 0.6) is 0 Å². The second kappa shape index (κ2) is 6.05. The fraction of sp³-hybridized carbons (Fsp3) is 0.643. The smallest absolute Gasteiger partial charge is 0.246 e. The van der Waals surface area contributed by atoms with Crippen molar-refractivity contribution >= 4 is 23.4 Å². The highest BCUT2D eigenvalue weighted by Crippen LogP contribution is 2.23. The van der Waals surface area contributed by atoms with Gasteiger partial charge in [-0.05, 0) is 12.8 Å². The van der Waals surface area contributed by atoms with Gasteiger partial charge in [0, 0.05) is 12.6 Å². The van der Waals surface area contributed by atoms with Crippen molar-refractivity contribution in [1.29, 1.82) is 0 Å². The van der Waals surface area contributed by atoms with E-state index in [0.717, 1.165) is 17.7 Å². The molecule has 7 heteroatoms. The van der Waals surface area contributed by atoms with Crippen molar-refractivity contribution in [2.75, 3.05) is 6.54 Å². The lowest BCUT2D eigenvalue weighted by Gasteiger charge is -2.35. The van der Waals surface area contributed by atoms with Crippen molar-refractivity contribution in [2.45, 2.75) is 39.8 Å². The summed E-state index contributed by atoms with van der Waals surface area (Å²) in [5.74, 6) is -0.0736. The van der Waals surface area contributed by atoms with Gasteiger partial charge in [-0.25, -0.2) is 0 Å². The van der Waals surface area contributed by atoms with Gasteiger partial charge in [0.05, 0.1) is 18.8 Å². The summed E-state index contributed by atoms with van der Waals surface area (Å²) >= 11 is 6.21. The van der Waals surface area contributed by atoms with E-state index in [-0.39, 0.29) is 24.3 Å². The van der Waals surface area contributed by atoms with Crippen LogP contribution < -0.4 is 5.32 Å². The maximum Gasteiger partial charge on any atom is 0.246 e. The van der Waals surface area contributed by atoms with Gasteiger partial charge in [0.25, 0.3) is 0 Å². The quantitative estimate of drug-likeness (QED) is 0.910. The Balaban J connectivity index is 2.22. The molecule has 2 amide bonds. The molecule has 1 aliphatic heterocycles. The van der Waals surface area contributed by atoms with Crippen molar-refractivity contribution in [2.24, 2.45) is 13.0 Å². The van der Waals surface area contributed by atoms with Crippen molar-refractivity contribution in [3.05, 3.63) is 16.4 Å². The van der Waals surface area contributed by atoms with Crippen molar-refractivity contribution in [1.82, 2.24) is 20.0 Å². The number of hydrogen-bond acceptors (Lipinski definition) is 3. The Morgan fingerprint density at radius 1 is 1.48 bits per heavy atom. The van der Waals surface area contributed by atoms with Crippen LogP contribution in [0.3, 0.4) is 0 Å². The number of aromatic nitrogens is 2. The number of hydrogen-bond donors (Lipinski definition) is 1. The lowest BCUT2D eigenvalue weighted by Crippen LogP contribution is -2.59. The fourth-order valence-corrected chi connectivity index (χ4v) is 2.76. The molecule has 1 N–H and O–H groups in total. The Bertz CT molecular complexity index is 570. The lowest BCUT2D eigenvalue weighted by molar-refractivity contribution is -0.146. The molecule has 0 radical (unpaired) electrons. The average molecular weight is 313 g/mol. The van der Waals surface area contributed by atoms with E-state index in [1.54, 1.807) is 16.6 Å². The molecule has 0 aromatic carbocycles. The molecule has 0 saturated carbocycles. The number of amides is 2. The van der Waals surface area contributed by atoms with Gasteiger partial charge in [-0.15, -0.1) is 0 Å². The molecule has 2 rings (SSSR count). The minimum absolute atomic E-state index is 0.0525. The molecule has 1 saturated heterocycles. The number of rotatable bonds is 4. The normalized spacial score (nSPS) is 20.6. The molecule has 0 spiro atoms. The Morgan fingerprint density at radius 3 is 2.67 bits per heavy atom. The van der Waals surface area contributed by atoms with Gasteiger partial charge >= 0.3 is 0 Å². The number of aryl methyl sites for hydroxylation is 2. The fourth-order valence-electron chi connectivity index (χ4n) is 2.53. The van der Waals surface area contributed by atoms with E-state index in [1.165, 1.54) is 0 Å². The molecular formula is C14H21ClN4O2. The first-order valence-corrected chi connectivity index (χ1v) is 7.49. The second-order valence-electron chi connectivity index (χ2n) is 5.60. The van der Waals surface area contributed by atoms with Crippen LogP contribution >= 0.6 is 11.6 Å². The minimum Gasteiger partial charge on any atom is -0.342 e. The number of piperazine rings is 1. The van der Waals surface area contributed by atoms with Gasteiger partial charge in [-0.2, -0.15) is 5.10 Å². The van der Waals surface area contributed by atoms with Crippen LogP contribution in [-0.4, -0.2) is 39.1 Å². The molecule has 21 heavy (non-hydrogen) atoms. The predicted octanol–water partition coefficient (Wildman–Crippen LogP) is 1.26. The maximum absolute atomic E-state index is 12.5. The van der Waals surface area contributed by atoms with E-state index in [0.29, 0.717) is 11.7 Å². The highest BCUT2D eigenvalue weighted by Gasteiger charge is 2.36. The van der Waals surface area contributed by atoms with Crippen molar-refractivity contribution < 1.29 is 9.59 Å². The van der Waals surface area contributed by atoms with Crippen LogP contribution in [0.25, 0.3) is 0 Å². The zero-order valence-electron chi connectivity index (χ0n) is 12.8. The molecule has 2 heterocycles. The Morgan fingerprint density at radius 2 is 2.14 bits per heavy atom. The summed E-state index contributed by atoms with van der Waals surface area (Å²) in [4.78, 5) is 26.0. The Kier molecular flexibility index (Phi) is 4.56. The summed E-state index contributed by atoms with van der Waals surface area (Å²) in [6.07, 6.45) is 0.831. The summed E-state index contributed by atoms with van der Waals surface area (Å²) in [5.41, 5.74) is 1.58. The first-order chi connectivity index (χ1) is 9.85. The molecule has 0 bridgehead atoms. The van der Waals surface area contributed by atoms with Crippen LogP contribution in [0, 0.1) is 12.8 Å². The zero-order chi connectivity index (χ0) is 15.7. The molecule has 1 aromatic rings. The van der Waals surface area contributed by atoms with E-state index >= 15 is 0 Å². The van der Waals surface area contributed by atoms with E-state index < -0.39 is 6.04 Å². The summed E-state index contributed by atoms with van der Waals surface area (Å²) < 4.78 is 1.58. The first kappa shape index (κ1) is 15.8. The number of carbonyl (C=O) groups is 2. The van der Waals surface area contributed by atoms with E-state index in [4.69, 9.17) is 11.6 Å². The van der Waals surface area contributed by atoms with Gasteiger partial charge < -0.3 is 10.2 Å². The van der Waals surface area contributed by atoms with Crippen LogP contribution in [0.4, 0.5) is 0 Å². The predicted molar refractivity (Wildman–Crippen MR) is 79.8 cm³/mol. The maximum atomic E-state index is 12.5. The van der Waals surface area contributed by atoms with Gasteiger partial charge in [0.1, 0.15) is 11.2 Å². The highest BCUT2D eigenvalue weighted by molar-refractivity contribution is 6.30. The van der Waals surface area contributed by atoms with Crippen LogP contribution in [-0.2, 0) is 23.2 Å².